The summed E-state index contributed by atoms with van der Waals surface area (Å²) in [4.78, 5) is 45.7. The predicted molar refractivity (Wildman–Crippen MR) is 199 cm³/mol. The Morgan fingerprint density at radius 3 is 1.50 bits per heavy atom. The fraction of sp³-hybridized carbons (Fsp3) is 0.868. The molecule has 3 atom stereocenters. The van der Waals surface area contributed by atoms with E-state index in [1.165, 1.54) is 83.5 Å². The molecule has 1 unspecified atom stereocenters. The number of carboxylic acid groups (broad SMARTS) is 1. The lowest BCUT2D eigenvalue weighted by Crippen LogP contribution is -2.34. The molecule has 0 aliphatic carbocycles. The van der Waals surface area contributed by atoms with Crippen LogP contribution in [0, 0.1) is 0 Å². The summed E-state index contributed by atoms with van der Waals surface area (Å²) in [6, 6.07) is -1.52. The van der Waals surface area contributed by atoms with Crippen molar-refractivity contribution in [2.75, 3.05) is 19.8 Å². The molecule has 11 nitrogen and oxygen atoms in total. The Labute approximate surface area is 303 Å². The van der Waals surface area contributed by atoms with E-state index in [2.05, 4.69) is 30.5 Å². The monoisotopic (exact) mass is 733 g/mol. The lowest BCUT2D eigenvalue weighted by atomic mass is 10.0. The van der Waals surface area contributed by atoms with E-state index in [4.69, 9.17) is 24.8 Å². The van der Waals surface area contributed by atoms with Gasteiger partial charge in [-0.05, 0) is 38.5 Å². The van der Waals surface area contributed by atoms with Crippen molar-refractivity contribution in [3.8, 4) is 0 Å². The van der Waals surface area contributed by atoms with Gasteiger partial charge in [-0.2, -0.15) is 0 Å². The van der Waals surface area contributed by atoms with Crippen molar-refractivity contribution in [3.63, 3.8) is 0 Å². The predicted octanol–water partition coefficient (Wildman–Crippen LogP) is 9.73. The van der Waals surface area contributed by atoms with Gasteiger partial charge in [0.25, 0.3) is 0 Å². The maximum Gasteiger partial charge on any atom is 0.472 e. The minimum Gasteiger partial charge on any atom is -0.480 e. The molecule has 0 aliphatic rings. The van der Waals surface area contributed by atoms with E-state index in [1.807, 2.05) is 0 Å². The quantitative estimate of drug-likeness (QED) is 0.0240. The van der Waals surface area contributed by atoms with Gasteiger partial charge in [-0.1, -0.05) is 142 Å². The van der Waals surface area contributed by atoms with Gasteiger partial charge in [-0.25, -0.2) is 4.57 Å². The van der Waals surface area contributed by atoms with Crippen LogP contribution in [0.2, 0.25) is 0 Å². The van der Waals surface area contributed by atoms with Crippen molar-refractivity contribution < 1.29 is 47.5 Å². The van der Waals surface area contributed by atoms with Crippen LogP contribution < -0.4 is 5.73 Å². The Kier molecular flexibility index (Phi) is 33.1. The van der Waals surface area contributed by atoms with Crippen LogP contribution in [0.5, 0.6) is 0 Å². The number of hydrogen-bond acceptors (Lipinski definition) is 9. The highest BCUT2D eigenvalue weighted by molar-refractivity contribution is 7.47. The Bertz CT molecular complexity index is 916. The lowest BCUT2D eigenvalue weighted by molar-refractivity contribution is -0.161. The number of nitrogens with two attached hydrogens (primary N) is 1. The van der Waals surface area contributed by atoms with E-state index in [-0.39, 0.29) is 19.4 Å². The minimum atomic E-state index is -4.71. The SMILES string of the molecule is CCCCC/C=C/CCCCCCCC(=O)OC[C@H](COP(=O)(O)OC[C@H](N)C(=O)O)OC(=O)CCCCCCCCCCCCCCCC. The Morgan fingerprint density at radius 2 is 1.00 bits per heavy atom. The van der Waals surface area contributed by atoms with Gasteiger partial charge >= 0.3 is 25.7 Å². The number of carbonyl (C=O) groups excluding carboxylic acids is 2. The highest BCUT2D eigenvalue weighted by Crippen LogP contribution is 2.43. The first-order valence-electron chi connectivity index (χ1n) is 19.7. The van der Waals surface area contributed by atoms with Crippen LogP contribution in [0.15, 0.2) is 12.2 Å². The second kappa shape index (κ2) is 34.3. The molecule has 294 valence electrons. The summed E-state index contributed by atoms with van der Waals surface area (Å²) in [7, 11) is -4.71. The summed E-state index contributed by atoms with van der Waals surface area (Å²) < 4.78 is 32.6. The molecule has 0 rings (SSSR count). The largest absolute Gasteiger partial charge is 0.480 e. The molecule has 50 heavy (non-hydrogen) atoms. The Balaban J connectivity index is 4.42. The summed E-state index contributed by atoms with van der Waals surface area (Å²) in [5, 5.41) is 8.86. The van der Waals surface area contributed by atoms with Crippen LogP contribution in [0.25, 0.3) is 0 Å². The van der Waals surface area contributed by atoms with Crippen molar-refractivity contribution in [2.24, 2.45) is 5.73 Å². The number of carbonyl (C=O) groups is 3. The van der Waals surface area contributed by atoms with Crippen molar-refractivity contribution >= 4 is 25.7 Å². The summed E-state index contributed by atoms with van der Waals surface area (Å²) in [5.41, 5.74) is 5.32. The number of rotatable bonds is 37. The van der Waals surface area contributed by atoms with Crippen LogP contribution in [-0.4, -0.2) is 59.9 Å². The van der Waals surface area contributed by atoms with Crippen LogP contribution in [0.3, 0.4) is 0 Å². The molecule has 0 fully saturated rings. The van der Waals surface area contributed by atoms with Crippen LogP contribution in [0.4, 0.5) is 0 Å². The van der Waals surface area contributed by atoms with Crippen molar-refractivity contribution in [2.45, 2.75) is 193 Å². The number of esters is 2. The first kappa shape index (κ1) is 48.2. The third kappa shape index (κ3) is 33.4. The van der Waals surface area contributed by atoms with Gasteiger partial charge in [-0.15, -0.1) is 0 Å². The van der Waals surface area contributed by atoms with Crippen molar-refractivity contribution in [3.05, 3.63) is 12.2 Å². The topological polar surface area (TPSA) is 172 Å². The van der Waals surface area contributed by atoms with Gasteiger partial charge in [0.15, 0.2) is 6.10 Å². The molecular formula is C38H72NO10P. The van der Waals surface area contributed by atoms with Crippen molar-refractivity contribution in [1.29, 1.82) is 0 Å². The molecule has 0 aromatic heterocycles. The molecule has 0 aliphatic heterocycles. The molecular weight excluding hydrogens is 661 g/mol. The molecule has 0 aromatic rings. The summed E-state index contributed by atoms with van der Waals surface area (Å²) in [6.45, 7) is 2.76. The summed E-state index contributed by atoms with van der Waals surface area (Å²) in [5.74, 6) is -2.38. The number of phosphoric ester groups is 1. The highest BCUT2D eigenvalue weighted by Gasteiger charge is 2.28. The van der Waals surface area contributed by atoms with Gasteiger partial charge in [0.1, 0.15) is 12.6 Å². The molecule has 0 bridgehead atoms. The van der Waals surface area contributed by atoms with E-state index in [1.54, 1.807) is 0 Å². The zero-order valence-electron chi connectivity index (χ0n) is 31.5. The van der Waals surface area contributed by atoms with Crippen LogP contribution in [-0.2, 0) is 37.5 Å². The van der Waals surface area contributed by atoms with Crippen LogP contribution in [0.1, 0.15) is 181 Å². The van der Waals surface area contributed by atoms with E-state index in [9.17, 15) is 23.8 Å². The van der Waals surface area contributed by atoms with Crippen molar-refractivity contribution in [1.82, 2.24) is 0 Å². The average molecular weight is 734 g/mol. The van der Waals surface area contributed by atoms with E-state index < -0.39 is 51.1 Å². The molecule has 0 radical (unpaired) electrons. The molecule has 12 heteroatoms. The summed E-state index contributed by atoms with van der Waals surface area (Å²) >= 11 is 0. The second-order valence-electron chi connectivity index (χ2n) is 13.4. The number of phosphoric acid groups is 1. The summed E-state index contributed by atoms with van der Waals surface area (Å²) in [6.07, 6.45) is 31.3. The Morgan fingerprint density at radius 1 is 0.600 bits per heavy atom. The van der Waals surface area contributed by atoms with Gasteiger partial charge < -0.3 is 25.2 Å². The van der Waals surface area contributed by atoms with E-state index >= 15 is 0 Å². The number of carboxylic acids is 1. The third-order valence-corrected chi connectivity index (χ3v) is 9.46. The number of aliphatic carboxylic acids is 1. The van der Waals surface area contributed by atoms with E-state index in [0.29, 0.717) is 12.8 Å². The highest BCUT2D eigenvalue weighted by atomic mass is 31.2. The number of unbranched alkanes of at least 4 members (excludes halogenated alkanes) is 21. The maximum absolute atomic E-state index is 12.6. The molecule has 0 heterocycles. The zero-order valence-corrected chi connectivity index (χ0v) is 32.4. The third-order valence-electron chi connectivity index (χ3n) is 8.51. The second-order valence-corrected chi connectivity index (χ2v) is 14.9. The fourth-order valence-corrected chi connectivity index (χ4v) is 6.13. The normalized spacial score (nSPS) is 14.0. The maximum atomic E-state index is 12.6. The van der Waals surface area contributed by atoms with E-state index in [0.717, 1.165) is 57.8 Å². The van der Waals surface area contributed by atoms with Gasteiger partial charge in [0, 0.05) is 12.8 Å². The van der Waals surface area contributed by atoms with Gasteiger partial charge in [0.2, 0.25) is 0 Å². The number of ether oxygens (including phenoxy) is 2. The van der Waals surface area contributed by atoms with Gasteiger partial charge in [-0.3, -0.25) is 23.4 Å². The molecule has 4 N–H and O–H groups in total. The number of hydrogen-bond donors (Lipinski definition) is 3. The minimum absolute atomic E-state index is 0.165. The van der Waals surface area contributed by atoms with Crippen LogP contribution >= 0.6 is 7.82 Å². The first-order valence-corrected chi connectivity index (χ1v) is 21.2. The fourth-order valence-electron chi connectivity index (χ4n) is 5.35. The zero-order chi connectivity index (χ0) is 37.1. The molecule has 0 saturated carbocycles. The number of allylic oxidation sites excluding steroid dienone is 2. The van der Waals surface area contributed by atoms with Gasteiger partial charge in [0.05, 0.1) is 13.2 Å². The smallest absolute Gasteiger partial charge is 0.472 e. The standard InChI is InChI=1S/C38H72NO10P/c1-3-5-7-9-11-13-15-17-18-20-22-24-26-28-30-37(41)49-34(32-47-50(44,45)48-33-35(39)38(42)43)31-46-36(40)29-27-25-23-21-19-16-14-12-10-8-6-4-2/h12,14,34-35H,3-11,13,15-33,39H2,1-2H3,(H,42,43)(H,44,45)/b14-12+/t34-,35+/m1/s1. The molecule has 0 aromatic carbocycles. The lowest BCUT2D eigenvalue weighted by Gasteiger charge is -2.20. The molecule has 0 spiro atoms. The average Bonchev–Trinajstić information content (AvgIpc) is 3.09. The first-order chi connectivity index (χ1) is 24.1. The molecule has 0 amide bonds. The molecule has 0 saturated heterocycles. The Hall–Kier alpha value is -1.78.